The molecule has 18 heavy (non-hydrogen) atoms. The molecule has 2 aromatic heterocycles. The first-order valence-corrected chi connectivity index (χ1v) is 7.28. The van der Waals surface area contributed by atoms with E-state index in [4.69, 9.17) is 0 Å². The van der Waals surface area contributed by atoms with Crippen molar-refractivity contribution in [3.63, 3.8) is 0 Å². The molecule has 0 aliphatic carbocycles. The maximum atomic E-state index is 12.5. The topological polar surface area (TPSA) is 20.5 Å². The van der Waals surface area contributed by atoms with E-state index in [9.17, 15) is 13.2 Å². The monoisotopic (exact) mass is 341 g/mol. The SMILES string of the molecule is CCN(CC(F)(F)F)c1nc2sccn2c1CBr. The van der Waals surface area contributed by atoms with Gasteiger partial charge in [-0.1, -0.05) is 15.9 Å². The molecule has 0 radical (unpaired) electrons. The summed E-state index contributed by atoms with van der Waals surface area (Å²) in [5.41, 5.74) is 0.748. The molecule has 2 heterocycles. The molecule has 0 amide bonds. The predicted octanol–water partition coefficient (Wildman–Crippen LogP) is 3.68. The molecule has 2 rings (SSSR count). The van der Waals surface area contributed by atoms with Crippen molar-refractivity contribution in [3.8, 4) is 0 Å². The molecule has 0 N–H and O–H groups in total. The molecule has 100 valence electrons. The van der Waals surface area contributed by atoms with Crippen molar-refractivity contribution in [1.82, 2.24) is 9.38 Å². The number of rotatable bonds is 4. The van der Waals surface area contributed by atoms with Gasteiger partial charge < -0.3 is 4.90 Å². The van der Waals surface area contributed by atoms with Crippen LogP contribution >= 0.6 is 27.3 Å². The van der Waals surface area contributed by atoms with Gasteiger partial charge in [0.1, 0.15) is 6.54 Å². The highest BCUT2D eigenvalue weighted by Gasteiger charge is 2.32. The zero-order valence-corrected chi connectivity index (χ0v) is 11.9. The van der Waals surface area contributed by atoms with Gasteiger partial charge >= 0.3 is 6.18 Å². The molecule has 0 spiro atoms. The first-order valence-electron chi connectivity index (χ1n) is 5.28. The number of anilines is 1. The summed E-state index contributed by atoms with van der Waals surface area (Å²) in [5, 5.41) is 2.33. The molecule has 2 aromatic rings. The second-order valence-electron chi connectivity index (χ2n) is 3.70. The van der Waals surface area contributed by atoms with E-state index in [-0.39, 0.29) is 6.54 Å². The Hall–Kier alpha value is -0.760. The van der Waals surface area contributed by atoms with E-state index in [1.54, 1.807) is 6.92 Å². The Morgan fingerprint density at radius 2 is 2.22 bits per heavy atom. The van der Waals surface area contributed by atoms with E-state index in [0.29, 0.717) is 16.1 Å². The fourth-order valence-electron chi connectivity index (χ4n) is 1.75. The third kappa shape index (κ3) is 2.64. The summed E-state index contributed by atoms with van der Waals surface area (Å²) in [6.07, 6.45) is -2.41. The zero-order chi connectivity index (χ0) is 13.3. The van der Waals surface area contributed by atoms with Crippen LogP contribution in [0.1, 0.15) is 12.6 Å². The van der Waals surface area contributed by atoms with Crippen molar-refractivity contribution in [2.75, 3.05) is 18.0 Å². The number of thiazole rings is 1. The van der Waals surface area contributed by atoms with Crippen LogP contribution in [0.3, 0.4) is 0 Å². The quantitative estimate of drug-likeness (QED) is 0.790. The van der Waals surface area contributed by atoms with Crippen LogP contribution in [0.25, 0.3) is 4.96 Å². The fraction of sp³-hybridized carbons (Fsp3) is 0.500. The van der Waals surface area contributed by atoms with Crippen molar-refractivity contribution in [2.45, 2.75) is 18.4 Å². The summed E-state index contributed by atoms with van der Waals surface area (Å²) in [6, 6.07) is 0. The molecule has 0 fully saturated rings. The van der Waals surface area contributed by atoms with Gasteiger partial charge in [0.05, 0.1) is 5.69 Å². The van der Waals surface area contributed by atoms with E-state index in [1.165, 1.54) is 16.2 Å². The van der Waals surface area contributed by atoms with Crippen LogP contribution in [0.15, 0.2) is 11.6 Å². The van der Waals surface area contributed by atoms with Gasteiger partial charge in [-0.3, -0.25) is 4.40 Å². The van der Waals surface area contributed by atoms with Gasteiger partial charge in [0.2, 0.25) is 0 Å². The third-order valence-corrected chi connectivity index (χ3v) is 3.81. The lowest BCUT2D eigenvalue weighted by molar-refractivity contribution is -0.119. The van der Waals surface area contributed by atoms with Gasteiger partial charge in [-0.25, -0.2) is 4.98 Å². The smallest absolute Gasteiger partial charge is 0.346 e. The average molecular weight is 342 g/mol. The number of halogens is 4. The van der Waals surface area contributed by atoms with Crippen molar-refractivity contribution >= 4 is 38.0 Å². The van der Waals surface area contributed by atoms with Crippen LogP contribution in [-0.4, -0.2) is 28.7 Å². The van der Waals surface area contributed by atoms with Crippen LogP contribution in [0, 0.1) is 0 Å². The number of alkyl halides is 4. The summed E-state index contributed by atoms with van der Waals surface area (Å²) in [5.74, 6) is 0.401. The lowest BCUT2D eigenvalue weighted by Gasteiger charge is -2.23. The van der Waals surface area contributed by atoms with Gasteiger partial charge in [0.25, 0.3) is 0 Å². The molecule has 0 aromatic carbocycles. The van der Waals surface area contributed by atoms with E-state index in [0.717, 1.165) is 5.69 Å². The maximum absolute atomic E-state index is 12.5. The molecule has 0 aliphatic rings. The highest BCUT2D eigenvalue weighted by Crippen LogP contribution is 2.28. The highest BCUT2D eigenvalue weighted by molar-refractivity contribution is 9.08. The number of hydrogen-bond acceptors (Lipinski definition) is 3. The van der Waals surface area contributed by atoms with Crippen molar-refractivity contribution in [3.05, 3.63) is 17.3 Å². The Labute approximate surface area is 114 Å². The predicted molar refractivity (Wildman–Crippen MR) is 69.6 cm³/mol. The van der Waals surface area contributed by atoms with E-state index in [1.807, 2.05) is 16.0 Å². The maximum Gasteiger partial charge on any atom is 0.405 e. The number of aromatic nitrogens is 2. The Morgan fingerprint density at radius 1 is 1.50 bits per heavy atom. The number of fused-ring (bicyclic) bond motifs is 1. The van der Waals surface area contributed by atoms with Crippen LogP contribution in [0.4, 0.5) is 19.0 Å². The minimum absolute atomic E-state index is 0.268. The first kappa shape index (κ1) is 13.7. The Kier molecular flexibility index (Phi) is 3.86. The normalized spacial score (nSPS) is 12.3. The lowest BCUT2D eigenvalue weighted by atomic mass is 10.4. The second kappa shape index (κ2) is 5.08. The van der Waals surface area contributed by atoms with Gasteiger partial charge in [-0.2, -0.15) is 13.2 Å². The van der Waals surface area contributed by atoms with Gasteiger partial charge in [-0.05, 0) is 6.92 Å². The van der Waals surface area contributed by atoms with Gasteiger partial charge in [-0.15, -0.1) is 11.3 Å². The molecule has 0 atom stereocenters. The van der Waals surface area contributed by atoms with E-state index < -0.39 is 12.7 Å². The minimum Gasteiger partial charge on any atom is -0.346 e. The number of nitrogens with zero attached hydrogens (tertiary/aromatic N) is 3. The molecule has 0 unspecified atom stereocenters. The van der Waals surface area contributed by atoms with Crippen LogP contribution in [0.2, 0.25) is 0 Å². The van der Waals surface area contributed by atoms with Gasteiger partial charge in [0, 0.05) is 23.5 Å². The molecule has 0 bridgehead atoms. The lowest BCUT2D eigenvalue weighted by Crippen LogP contribution is -2.34. The molecule has 0 saturated carbocycles. The Bertz CT molecular complexity index is 534. The van der Waals surface area contributed by atoms with Crippen LogP contribution in [0.5, 0.6) is 0 Å². The summed E-state index contributed by atoms with van der Waals surface area (Å²) >= 11 is 4.71. The minimum atomic E-state index is -4.23. The van der Waals surface area contributed by atoms with Crippen LogP contribution in [-0.2, 0) is 5.33 Å². The molecule has 0 saturated heterocycles. The molecular formula is C10H11BrF3N3S. The first-order chi connectivity index (χ1) is 8.46. The summed E-state index contributed by atoms with van der Waals surface area (Å²) in [6.45, 7) is 0.982. The largest absolute Gasteiger partial charge is 0.405 e. The fourth-order valence-corrected chi connectivity index (χ4v) is 3.00. The summed E-state index contributed by atoms with van der Waals surface area (Å²) in [7, 11) is 0. The Morgan fingerprint density at radius 3 is 2.78 bits per heavy atom. The standard InChI is InChI=1S/C10H11BrF3N3S/c1-2-16(6-10(12,13)14)8-7(5-11)17-3-4-18-9(17)15-8/h3-4H,2,5-6H2,1H3. The van der Waals surface area contributed by atoms with Crippen LogP contribution < -0.4 is 4.90 Å². The van der Waals surface area contributed by atoms with E-state index in [2.05, 4.69) is 20.9 Å². The van der Waals surface area contributed by atoms with Crippen molar-refractivity contribution < 1.29 is 13.2 Å². The second-order valence-corrected chi connectivity index (χ2v) is 5.13. The van der Waals surface area contributed by atoms with Crippen molar-refractivity contribution in [2.24, 2.45) is 0 Å². The number of imidazole rings is 1. The number of hydrogen-bond donors (Lipinski definition) is 0. The molecule has 0 aliphatic heterocycles. The van der Waals surface area contributed by atoms with Crippen molar-refractivity contribution in [1.29, 1.82) is 0 Å². The molecular weight excluding hydrogens is 331 g/mol. The summed E-state index contributed by atoms with van der Waals surface area (Å²) < 4.78 is 39.3. The summed E-state index contributed by atoms with van der Waals surface area (Å²) in [4.78, 5) is 6.23. The average Bonchev–Trinajstić information content (AvgIpc) is 2.83. The van der Waals surface area contributed by atoms with E-state index >= 15 is 0 Å². The third-order valence-electron chi connectivity index (χ3n) is 2.52. The Balaban J connectivity index is 2.41. The van der Waals surface area contributed by atoms with Gasteiger partial charge in [0.15, 0.2) is 10.8 Å². The molecule has 3 nitrogen and oxygen atoms in total. The zero-order valence-electron chi connectivity index (χ0n) is 9.54. The highest BCUT2D eigenvalue weighted by atomic mass is 79.9. The molecule has 8 heteroatoms.